The molecule has 11 heteroatoms. The molecule has 1 aliphatic heterocycles. The number of pyridine rings is 3. The molecule has 1 saturated heterocycles. The SMILES string of the molecule is O=C(CC1CCNCC1)Nc1cncc(-c2ccc3[nH]nc(-c4nc5c(-c6ccccc6F)ccnc5[nH]4)c3n2)c1. The minimum absolute atomic E-state index is 0.00960. The molecule has 5 aromatic heterocycles. The summed E-state index contributed by atoms with van der Waals surface area (Å²) in [5.41, 5.74) is 6.03. The Balaban J connectivity index is 1.20. The van der Waals surface area contributed by atoms with Gasteiger partial charge in [-0.05, 0) is 62.2 Å². The van der Waals surface area contributed by atoms with Crippen LogP contribution < -0.4 is 10.6 Å². The van der Waals surface area contributed by atoms with E-state index >= 15 is 0 Å². The zero-order valence-corrected chi connectivity index (χ0v) is 22.0. The van der Waals surface area contributed by atoms with Gasteiger partial charge in [-0.15, -0.1) is 0 Å². The predicted octanol–water partition coefficient (Wildman–Crippen LogP) is 5.09. The molecular weight excluding hydrogens is 521 g/mol. The molecule has 41 heavy (non-hydrogen) atoms. The number of benzene rings is 1. The molecule has 0 atom stereocenters. The van der Waals surface area contributed by atoms with Crippen molar-refractivity contribution in [2.75, 3.05) is 18.4 Å². The first-order valence-electron chi connectivity index (χ1n) is 13.5. The molecule has 7 rings (SSSR count). The van der Waals surface area contributed by atoms with Gasteiger partial charge in [0.2, 0.25) is 5.91 Å². The van der Waals surface area contributed by atoms with Crippen LogP contribution in [0.25, 0.3) is 56.1 Å². The third-order valence-electron chi connectivity index (χ3n) is 7.43. The maximum absolute atomic E-state index is 14.6. The number of aromatic nitrogens is 7. The van der Waals surface area contributed by atoms with Gasteiger partial charge in [0.25, 0.3) is 0 Å². The third kappa shape index (κ3) is 4.91. The number of fused-ring (bicyclic) bond motifs is 2. The normalized spacial score (nSPS) is 14.1. The molecule has 204 valence electrons. The molecule has 0 aliphatic carbocycles. The Kier molecular flexibility index (Phi) is 6.40. The zero-order valence-electron chi connectivity index (χ0n) is 22.0. The van der Waals surface area contributed by atoms with Gasteiger partial charge < -0.3 is 15.6 Å². The number of H-pyrrole nitrogens is 2. The second-order valence-corrected chi connectivity index (χ2v) is 10.2. The Morgan fingerprint density at radius 3 is 2.76 bits per heavy atom. The number of hydrogen-bond donors (Lipinski definition) is 4. The van der Waals surface area contributed by atoms with E-state index in [1.165, 1.54) is 6.07 Å². The topological polar surface area (TPSA) is 137 Å². The van der Waals surface area contributed by atoms with Gasteiger partial charge in [-0.3, -0.25) is 14.9 Å². The van der Waals surface area contributed by atoms with E-state index in [1.807, 2.05) is 18.2 Å². The highest BCUT2D eigenvalue weighted by Gasteiger charge is 2.19. The number of anilines is 1. The molecule has 10 nitrogen and oxygen atoms in total. The van der Waals surface area contributed by atoms with E-state index in [4.69, 9.17) is 9.97 Å². The molecule has 4 N–H and O–H groups in total. The molecule has 1 amide bonds. The summed E-state index contributed by atoms with van der Waals surface area (Å²) < 4.78 is 14.6. The summed E-state index contributed by atoms with van der Waals surface area (Å²) in [6.07, 6.45) is 7.49. The highest BCUT2D eigenvalue weighted by molar-refractivity contribution is 5.95. The molecule has 1 fully saturated rings. The fraction of sp³-hybridized carbons (Fsp3) is 0.200. The largest absolute Gasteiger partial charge is 0.325 e. The lowest BCUT2D eigenvalue weighted by Crippen LogP contribution is -2.30. The van der Waals surface area contributed by atoms with Crippen molar-refractivity contribution in [1.82, 2.24) is 40.4 Å². The van der Waals surface area contributed by atoms with E-state index in [2.05, 4.69) is 35.8 Å². The fourth-order valence-corrected chi connectivity index (χ4v) is 5.35. The zero-order chi connectivity index (χ0) is 27.8. The molecule has 0 unspecified atom stereocenters. The van der Waals surface area contributed by atoms with Crippen molar-refractivity contribution >= 4 is 33.8 Å². The van der Waals surface area contributed by atoms with Crippen molar-refractivity contribution < 1.29 is 9.18 Å². The van der Waals surface area contributed by atoms with Gasteiger partial charge in [0, 0.05) is 35.5 Å². The van der Waals surface area contributed by atoms with Gasteiger partial charge in [-0.1, -0.05) is 18.2 Å². The number of nitrogens with zero attached hydrogens (tertiary/aromatic N) is 5. The number of carbonyl (C=O) groups excluding carboxylic acids is 1. The minimum atomic E-state index is -0.334. The summed E-state index contributed by atoms with van der Waals surface area (Å²) in [6.45, 7) is 1.91. The van der Waals surface area contributed by atoms with Gasteiger partial charge in [0.15, 0.2) is 17.2 Å². The van der Waals surface area contributed by atoms with E-state index in [9.17, 15) is 9.18 Å². The number of piperidine rings is 1. The van der Waals surface area contributed by atoms with Crippen molar-refractivity contribution in [2.45, 2.75) is 19.3 Å². The fourth-order valence-electron chi connectivity index (χ4n) is 5.35. The van der Waals surface area contributed by atoms with Crippen molar-refractivity contribution in [3.8, 4) is 33.9 Å². The summed E-state index contributed by atoms with van der Waals surface area (Å²) in [4.78, 5) is 34.2. The summed E-state index contributed by atoms with van der Waals surface area (Å²) in [5, 5.41) is 13.8. The van der Waals surface area contributed by atoms with Crippen molar-refractivity contribution in [1.29, 1.82) is 0 Å². The Hall–Kier alpha value is -5.03. The van der Waals surface area contributed by atoms with E-state index in [1.54, 1.807) is 42.9 Å². The first-order valence-corrected chi connectivity index (χ1v) is 13.5. The first-order chi connectivity index (χ1) is 20.1. The second-order valence-electron chi connectivity index (χ2n) is 10.2. The molecule has 6 aromatic rings. The van der Waals surface area contributed by atoms with Gasteiger partial charge >= 0.3 is 0 Å². The minimum Gasteiger partial charge on any atom is -0.325 e. The average Bonchev–Trinajstić information content (AvgIpc) is 3.62. The summed E-state index contributed by atoms with van der Waals surface area (Å²) in [7, 11) is 0. The maximum Gasteiger partial charge on any atom is 0.224 e. The molecule has 0 bridgehead atoms. The molecule has 0 saturated carbocycles. The van der Waals surface area contributed by atoms with Crippen LogP contribution in [0.1, 0.15) is 19.3 Å². The lowest BCUT2D eigenvalue weighted by molar-refractivity contribution is -0.117. The van der Waals surface area contributed by atoms with Gasteiger partial charge in [-0.2, -0.15) is 5.10 Å². The molecule has 0 radical (unpaired) electrons. The van der Waals surface area contributed by atoms with Gasteiger partial charge in [0.1, 0.15) is 16.9 Å². The molecule has 0 spiro atoms. The number of aromatic amines is 2. The Morgan fingerprint density at radius 1 is 1.00 bits per heavy atom. The Bertz CT molecular complexity index is 1890. The number of amides is 1. The number of imidazole rings is 1. The Morgan fingerprint density at radius 2 is 1.88 bits per heavy atom. The van der Waals surface area contributed by atoms with Crippen molar-refractivity contribution in [2.24, 2.45) is 5.92 Å². The standard InChI is InChI=1S/C30H26FN9O/c31-22-4-2-1-3-20(22)21-9-12-34-29-26(21)37-30(38-29)28-27-24(39-40-28)6-5-23(36-27)18-14-19(16-33-15-18)35-25(41)13-17-7-10-32-11-8-17/h1-6,9,12,14-17,32H,7-8,10-11,13H2,(H,35,41)(H,39,40)(H,34,37,38). The smallest absolute Gasteiger partial charge is 0.224 e. The van der Waals surface area contributed by atoms with Gasteiger partial charge in [0.05, 0.1) is 23.1 Å². The monoisotopic (exact) mass is 547 g/mol. The summed E-state index contributed by atoms with van der Waals surface area (Å²) in [5.74, 6) is 0.514. The summed E-state index contributed by atoms with van der Waals surface area (Å²) in [6, 6.07) is 14.0. The average molecular weight is 548 g/mol. The van der Waals surface area contributed by atoms with Crippen LogP contribution in [0, 0.1) is 11.7 Å². The lowest BCUT2D eigenvalue weighted by atomic mass is 9.94. The number of carbonyl (C=O) groups is 1. The highest BCUT2D eigenvalue weighted by atomic mass is 19.1. The van der Waals surface area contributed by atoms with Crippen LogP contribution in [0.2, 0.25) is 0 Å². The number of hydrogen-bond acceptors (Lipinski definition) is 7. The van der Waals surface area contributed by atoms with E-state index in [-0.39, 0.29) is 11.7 Å². The molecule has 1 aromatic carbocycles. The second kappa shape index (κ2) is 10.5. The molecule has 1 aliphatic rings. The third-order valence-corrected chi connectivity index (χ3v) is 7.43. The van der Waals surface area contributed by atoms with Crippen LogP contribution in [0.3, 0.4) is 0 Å². The van der Waals surface area contributed by atoms with Gasteiger partial charge in [-0.25, -0.2) is 19.3 Å². The number of nitrogens with one attached hydrogen (secondary N) is 4. The van der Waals surface area contributed by atoms with Crippen molar-refractivity contribution in [3.63, 3.8) is 0 Å². The van der Waals surface area contributed by atoms with E-state index in [0.29, 0.717) is 63.0 Å². The molecular formula is C30H26FN9O. The van der Waals surface area contributed by atoms with Crippen LogP contribution in [-0.4, -0.2) is 54.1 Å². The van der Waals surface area contributed by atoms with E-state index < -0.39 is 0 Å². The van der Waals surface area contributed by atoms with Crippen molar-refractivity contribution in [3.05, 3.63) is 72.9 Å². The summed E-state index contributed by atoms with van der Waals surface area (Å²) >= 11 is 0. The quantitative estimate of drug-likeness (QED) is 0.228. The first kappa shape index (κ1) is 25.0. The maximum atomic E-state index is 14.6. The highest BCUT2D eigenvalue weighted by Crippen LogP contribution is 2.32. The Labute approximate surface area is 233 Å². The number of halogens is 1. The van der Waals surface area contributed by atoms with Crippen LogP contribution >= 0.6 is 0 Å². The number of rotatable bonds is 6. The lowest BCUT2D eigenvalue weighted by Gasteiger charge is -2.21. The van der Waals surface area contributed by atoms with Crippen LogP contribution in [0.5, 0.6) is 0 Å². The molecule has 6 heterocycles. The van der Waals surface area contributed by atoms with Crippen LogP contribution in [-0.2, 0) is 4.79 Å². The van der Waals surface area contributed by atoms with E-state index in [0.717, 1.165) is 37.0 Å². The van der Waals surface area contributed by atoms with Crippen LogP contribution in [0.15, 0.2) is 67.1 Å². The van der Waals surface area contributed by atoms with Crippen LogP contribution in [0.4, 0.5) is 10.1 Å². The predicted molar refractivity (Wildman–Crippen MR) is 154 cm³/mol.